The summed E-state index contributed by atoms with van der Waals surface area (Å²) in [6.07, 6.45) is 3.37. The van der Waals surface area contributed by atoms with E-state index in [1.165, 1.54) is 11.2 Å². The van der Waals surface area contributed by atoms with Gasteiger partial charge in [0.15, 0.2) is 5.76 Å². The molecule has 5 nitrogen and oxygen atoms in total. The summed E-state index contributed by atoms with van der Waals surface area (Å²) in [6, 6.07) is 10.7. The van der Waals surface area contributed by atoms with Crippen molar-refractivity contribution in [3.63, 3.8) is 0 Å². The molecule has 0 aliphatic heterocycles. The molecule has 0 saturated carbocycles. The van der Waals surface area contributed by atoms with Crippen LogP contribution in [0.3, 0.4) is 0 Å². The van der Waals surface area contributed by atoms with Crippen LogP contribution >= 0.6 is 11.8 Å². The van der Waals surface area contributed by atoms with Gasteiger partial charge in [0.25, 0.3) is 5.91 Å². The van der Waals surface area contributed by atoms with Crippen molar-refractivity contribution < 1.29 is 14.0 Å². The SMILES string of the molecule is CSc1ccccc1NC(=O)CN(C)C(=O)c1ccco1. The van der Waals surface area contributed by atoms with Gasteiger partial charge in [0.1, 0.15) is 0 Å². The molecule has 2 rings (SSSR count). The Morgan fingerprint density at radius 2 is 2.00 bits per heavy atom. The number of hydrogen-bond acceptors (Lipinski definition) is 4. The summed E-state index contributed by atoms with van der Waals surface area (Å²) >= 11 is 1.55. The Labute approximate surface area is 127 Å². The molecule has 0 fully saturated rings. The van der Waals surface area contributed by atoms with Gasteiger partial charge < -0.3 is 14.6 Å². The highest BCUT2D eigenvalue weighted by atomic mass is 32.2. The lowest BCUT2D eigenvalue weighted by Crippen LogP contribution is -2.34. The van der Waals surface area contributed by atoms with Crippen molar-refractivity contribution in [1.82, 2.24) is 4.90 Å². The zero-order chi connectivity index (χ0) is 15.2. The third-order valence-corrected chi connectivity index (χ3v) is 3.64. The summed E-state index contributed by atoms with van der Waals surface area (Å²) in [4.78, 5) is 26.3. The first-order chi connectivity index (χ1) is 10.1. The topological polar surface area (TPSA) is 62.6 Å². The number of thioether (sulfide) groups is 1. The van der Waals surface area contributed by atoms with E-state index in [1.54, 1.807) is 30.9 Å². The third-order valence-electron chi connectivity index (χ3n) is 2.84. The minimum absolute atomic E-state index is 0.0394. The van der Waals surface area contributed by atoms with Crippen LogP contribution in [0.2, 0.25) is 0 Å². The van der Waals surface area contributed by atoms with Crippen molar-refractivity contribution in [3.05, 3.63) is 48.4 Å². The Balaban J connectivity index is 1.97. The second kappa shape index (κ2) is 6.99. The molecule has 0 radical (unpaired) electrons. The van der Waals surface area contributed by atoms with Crippen molar-refractivity contribution in [1.29, 1.82) is 0 Å². The van der Waals surface area contributed by atoms with Crippen LogP contribution in [0.15, 0.2) is 52.0 Å². The summed E-state index contributed by atoms with van der Waals surface area (Å²) in [6.45, 7) is -0.0394. The minimum atomic E-state index is -0.326. The van der Waals surface area contributed by atoms with E-state index in [9.17, 15) is 9.59 Å². The molecule has 0 atom stereocenters. The lowest BCUT2D eigenvalue weighted by molar-refractivity contribution is -0.116. The van der Waals surface area contributed by atoms with Crippen LogP contribution in [0, 0.1) is 0 Å². The maximum absolute atomic E-state index is 12.0. The summed E-state index contributed by atoms with van der Waals surface area (Å²) < 4.78 is 5.03. The number of para-hydroxylation sites is 1. The molecule has 2 amide bonds. The van der Waals surface area contributed by atoms with Crippen LogP contribution in [0.1, 0.15) is 10.6 Å². The molecular weight excluding hydrogens is 288 g/mol. The van der Waals surface area contributed by atoms with Gasteiger partial charge in [-0.2, -0.15) is 0 Å². The van der Waals surface area contributed by atoms with Crippen molar-refractivity contribution in [3.8, 4) is 0 Å². The number of likely N-dealkylation sites (N-methyl/N-ethyl adjacent to an activating group) is 1. The van der Waals surface area contributed by atoms with Gasteiger partial charge in [-0.15, -0.1) is 11.8 Å². The third kappa shape index (κ3) is 3.88. The number of carbonyl (C=O) groups excluding carboxylic acids is 2. The zero-order valence-electron chi connectivity index (χ0n) is 11.8. The fourth-order valence-electron chi connectivity index (χ4n) is 1.81. The van der Waals surface area contributed by atoms with Crippen molar-refractivity contribution in [2.45, 2.75) is 4.90 Å². The van der Waals surface area contributed by atoms with Gasteiger partial charge in [-0.05, 0) is 30.5 Å². The highest BCUT2D eigenvalue weighted by Crippen LogP contribution is 2.24. The first-order valence-electron chi connectivity index (χ1n) is 6.33. The predicted octanol–water partition coefficient (Wildman–Crippen LogP) is 2.71. The number of hydrogen-bond donors (Lipinski definition) is 1. The molecule has 0 saturated heterocycles. The molecule has 110 valence electrons. The summed E-state index contributed by atoms with van der Waals surface area (Å²) in [7, 11) is 1.56. The van der Waals surface area contributed by atoms with E-state index in [0.717, 1.165) is 10.6 Å². The molecule has 6 heteroatoms. The van der Waals surface area contributed by atoms with Crippen LogP contribution in [-0.4, -0.2) is 36.6 Å². The number of furan rings is 1. The van der Waals surface area contributed by atoms with E-state index in [1.807, 2.05) is 30.5 Å². The molecule has 1 N–H and O–H groups in total. The second-order valence-corrected chi connectivity index (χ2v) is 5.24. The Morgan fingerprint density at radius 3 is 2.67 bits per heavy atom. The molecule has 0 bridgehead atoms. The van der Waals surface area contributed by atoms with Gasteiger partial charge in [0, 0.05) is 11.9 Å². The lowest BCUT2D eigenvalue weighted by atomic mass is 10.3. The Hall–Kier alpha value is -2.21. The largest absolute Gasteiger partial charge is 0.459 e. The average Bonchev–Trinajstić information content (AvgIpc) is 3.01. The molecule has 1 heterocycles. The molecular formula is C15H16N2O3S. The number of carbonyl (C=O) groups is 2. The molecule has 21 heavy (non-hydrogen) atoms. The fraction of sp³-hybridized carbons (Fsp3) is 0.200. The van der Waals surface area contributed by atoms with Crippen LogP contribution in [0.5, 0.6) is 0 Å². The molecule has 0 spiro atoms. The number of amides is 2. The van der Waals surface area contributed by atoms with E-state index in [0.29, 0.717) is 0 Å². The Morgan fingerprint density at radius 1 is 1.24 bits per heavy atom. The summed E-state index contributed by atoms with van der Waals surface area (Å²) in [5.74, 6) is -0.359. The lowest BCUT2D eigenvalue weighted by Gasteiger charge is -2.16. The number of nitrogens with one attached hydrogen (secondary N) is 1. The smallest absolute Gasteiger partial charge is 0.289 e. The predicted molar refractivity (Wildman–Crippen MR) is 82.5 cm³/mol. The fourth-order valence-corrected chi connectivity index (χ4v) is 2.37. The van der Waals surface area contributed by atoms with Crippen LogP contribution in [0.4, 0.5) is 5.69 Å². The van der Waals surface area contributed by atoms with Crippen LogP contribution in [0.25, 0.3) is 0 Å². The van der Waals surface area contributed by atoms with Gasteiger partial charge in [-0.3, -0.25) is 9.59 Å². The van der Waals surface area contributed by atoms with Gasteiger partial charge in [0.05, 0.1) is 18.5 Å². The van der Waals surface area contributed by atoms with Crippen LogP contribution < -0.4 is 5.32 Å². The zero-order valence-corrected chi connectivity index (χ0v) is 12.6. The maximum atomic E-state index is 12.0. The molecule has 1 aromatic carbocycles. The van der Waals surface area contributed by atoms with Gasteiger partial charge >= 0.3 is 0 Å². The quantitative estimate of drug-likeness (QED) is 0.863. The van der Waals surface area contributed by atoms with E-state index < -0.39 is 0 Å². The van der Waals surface area contributed by atoms with Gasteiger partial charge in [-0.25, -0.2) is 0 Å². The molecule has 0 aliphatic rings. The van der Waals surface area contributed by atoms with Crippen LogP contribution in [-0.2, 0) is 4.79 Å². The van der Waals surface area contributed by atoms with Crippen molar-refractivity contribution >= 4 is 29.3 Å². The summed E-state index contributed by atoms with van der Waals surface area (Å²) in [5, 5.41) is 2.81. The van der Waals surface area contributed by atoms with E-state index in [-0.39, 0.29) is 24.1 Å². The number of benzene rings is 1. The van der Waals surface area contributed by atoms with E-state index >= 15 is 0 Å². The van der Waals surface area contributed by atoms with Crippen molar-refractivity contribution in [2.75, 3.05) is 25.2 Å². The first kappa shape index (κ1) is 15.2. The summed E-state index contributed by atoms with van der Waals surface area (Å²) in [5.41, 5.74) is 0.744. The molecule has 0 unspecified atom stereocenters. The Bertz CT molecular complexity index is 626. The van der Waals surface area contributed by atoms with E-state index in [2.05, 4.69) is 5.32 Å². The molecule has 1 aromatic heterocycles. The minimum Gasteiger partial charge on any atom is -0.459 e. The maximum Gasteiger partial charge on any atom is 0.289 e. The monoisotopic (exact) mass is 304 g/mol. The standard InChI is InChI=1S/C15H16N2O3S/c1-17(15(19)12-7-5-9-20-12)10-14(18)16-11-6-3-4-8-13(11)21-2/h3-9H,10H2,1-2H3,(H,16,18). The van der Waals surface area contributed by atoms with Gasteiger partial charge in [0.2, 0.25) is 5.91 Å². The molecule has 0 aliphatic carbocycles. The average molecular weight is 304 g/mol. The second-order valence-electron chi connectivity index (χ2n) is 4.39. The highest BCUT2D eigenvalue weighted by Gasteiger charge is 2.17. The Kier molecular flexibility index (Phi) is 5.05. The number of anilines is 1. The highest BCUT2D eigenvalue weighted by molar-refractivity contribution is 7.98. The number of nitrogens with zero attached hydrogens (tertiary/aromatic N) is 1. The van der Waals surface area contributed by atoms with Crippen molar-refractivity contribution in [2.24, 2.45) is 0 Å². The van der Waals surface area contributed by atoms with Gasteiger partial charge in [-0.1, -0.05) is 12.1 Å². The number of rotatable bonds is 5. The van der Waals surface area contributed by atoms with E-state index in [4.69, 9.17) is 4.42 Å². The normalized spacial score (nSPS) is 10.2. The molecule has 2 aromatic rings. The first-order valence-corrected chi connectivity index (χ1v) is 7.56.